The largest absolute Gasteiger partial charge is 0.397 e. The summed E-state index contributed by atoms with van der Waals surface area (Å²) in [5, 5.41) is 0.968. The van der Waals surface area contributed by atoms with E-state index >= 15 is 0 Å². The van der Waals surface area contributed by atoms with Crippen LogP contribution in [0.4, 0.5) is 5.69 Å². The number of aromatic nitrogens is 1. The number of rotatable bonds is 6. The van der Waals surface area contributed by atoms with Gasteiger partial charge in [0.05, 0.1) is 30.1 Å². The third-order valence-corrected chi connectivity index (χ3v) is 2.41. The Hall–Kier alpha value is -0.780. The lowest BCUT2D eigenvalue weighted by molar-refractivity contribution is 0.158. The number of anilines is 1. The quantitative estimate of drug-likeness (QED) is 0.538. The van der Waals surface area contributed by atoms with Crippen molar-refractivity contribution in [3.63, 3.8) is 0 Å². The number of hydrogen-bond acceptors (Lipinski definition) is 5. The summed E-state index contributed by atoms with van der Waals surface area (Å²) < 4.78 is 5.23. The Kier molecular flexibility index (Phi) is 5.36. The summed E-state index contributed by atoms with van der Waals surface area (Å²) in [6.07, 6.45) is 1.66. The van der Waals surface area contributed by atoms with Crippen molar-refractivity contribution in [1.29, 1.82) is 0 Å². The number of thioether (sulfide) groups is 1. The molecule has 0 bridgehead atoms. The van der Waals surface area contributed by atoms with Crippen LogP contribution in [0.5, 0.6) is 0 Å². The molecule has 78 valence electrons. The molecule has 0 atom stereocenters. The average molecular weight is 213 g/mol. The maximum atomic E-state index is 5.51. The van der Waals surface area contributed by atoms with Gasteiger partial charge in [-0.2, -0.15) is 0 Å². The summed E-state index contributed by atoms with van der Waals surface area (Å²) in [4.78, 5) is 4.15. The summed E-state index contributed by atoms with van der Waals surface area (Å²) in [6.45, 7) is 1.90. The number of nitrogens with zero attached hydrogens (tertiary/aromatic N) is 1. The lowest BCUT2D eigenvalue weighted by Crippen LogP contribution is -2.09. The zero-order valence-corrected chi connectivity index (χ0v) is 8.80. The molecule has 14 heavy (non-hydrogen) atoms. The van der Waals surface area contributed by atoms with Gasteiger partial charge in [-0.15, -0.1) is 11.8 Å². The normalized spacial score (nSPS) is 10.4. The second-order valence-corrected chi connectivity index (χ2v) is 3.79. The molecule has 1 rings (SSSR count). The van der Waals surface area contributed by atoms with Gasteiger partial charge in [-0.05, 0) is 12.1 Å². The molecule has 1 aromatic rings. The first-order valence-corrected chi connectivity index (χ1v) is 5.43. The minimum Gasteiger partial charge on any atom is -0.397 e. The van der Waals surface area contributed by atoms with Gasteiger partial charge in [0.1, 0.15) is 0 Å². The van der Waals surface area contributed by atoms with Gasteiger partial charge < -0.3 is 16.2 Å². The predicted molar refractivity (Wildman–Crippen MR) is 59.2 cm³/mol. The van der Waals surface area contributed by atoms with Gasteiger partial charge in [0.2, 0.25) is 0 Å². The molecule has 4 nitrogen and oxygen atoms in total. The van der Waals surface area contributed by atoms with Crippen LogP contribution in [0.25, 0.3) is 0 Å². The summed E-state index contributed by atoms with van der Waals surface area (Å²) in [6, 6.07) is 3.75. The highest BCUT2D eigenvalue weighted by Crippen LogP contribution is 2.15. The van der Waals surface area contributed by atoms with E-state index in [1.54, 1.807) is 18.0 Å². The van der Waals surface area contributed by atoms with Crippen LogP contribution in [0.2, 0.25) is 0 Å². The van der Waals surface area contributed by atoms with Crippen molar-refractivity contribution in [2.75, 3.05) is 31.2 Å². The number of pyridine rings is 1. The molecule has 0 fully saturated rings. The predicted octanol–water partition coefficient (Wildman–Crippen LogP) is 0.731. The molecule has 0 aromatic carbocycles. The lowest BCUT2D eigenvalue weighted by Gasteiger charge is -2.02. The van der Waals surface area contributed by atoms with Gasteiger partial charge in [0.15, 0.2) is 0 Å². The van der Waals surface area contributed by atoms with E-state index in [2.05, 4.69) is 4.98 Å². The summed E-state index contributed by atoms with van der Waals surface area (Å²) in [5.41, 5.74) is 11.5. The monoisotopic (exact) mass is 213 g/mol. The smallest absolute Gasteiger partial charge is 0.0962 e. The van der Waals surface area contributed by atoms with Crippen molar-refractivity contribution < 1.29 is 4.74 Å². The van der Waals surface area contributed by atoms with Crippen LogP contribution in [0.1, 0.15) is 0 Å². The Labute approximate surface area is 88.0 Å². The van der Waals surface area contributed by atoms with E-state index in [1.807, 2.05) is 12.1 Å². The van der Waals surface area contributed by atoms with Crippen LogP contribution in [-0.2, 0) is 4.74 Å². The second kappa shape index (κ2) is 6.64. The van der Waals surface area contributed by atoms with Crippen LogP contribution in [0.15, 0.2) is 23.4 Å². The molecule has 0 saturated carbocycles. The van der Waals surface area contributed by atoms with Gasteiger partial charge in [0.25, 0.3) is 0 Å². The van der Waals surface area contributed by atoms with E-state index < -0.39 is 0 Å². The first-order chi connectivity index (χ1) is 6.83. The second-order valence-electron chi connectivity index (χ2n) is 2.68. The molecule has 1 heterocycles. The molecule has 0 aliphatic heterocycles. The van der Waals surface area contributed by atoms with E-state index in [9.17, 15) is 0 Å². The highest BCUT2D eigenvalue weighted by atomic mass is 32.2. The molecule has 0 aliphatic carbocycles. The van der Waals surface area contributed by atoms with Crippen molar-refractivity contribution >= 4 is 17.4 Å². The van der Waals surface area contributed by atoms with Gasteiger partial charge in [-0.3, -0.25) is 0 Å². The number of hydrogen-bond donors (Lipinski definition) is 2. The maximum Gasteiger partial charge on any atom is 0.0962 e. The fourth-order valence-corrected chi connectivity index (χ4v) is 1.57. The topological polar surface area (TPSA) is 74.2 Å². The van der Waals surface area contributed by atoms with E-state index in [0.29, 0.717) is 25.4 Å². The fourth-order valence-electron chi connectivity index (χ4n) is 0.868. The van der Waals surface area contributed by atoms with Gasteiger partial charge in [0, 0.05) is 12.3 Å². The van der Waals surface area contributed by atoms with Crippen molar-refractivity contribution in [3.05, 3.63) is 18.3 Å². The van der Waals surface area contributed by atoms with Gasteiger partial charge >= 0.3 is 0 Å². The van der Waals surface area contributed by atoms with Crippen molar-refractivity contribution in [2.45, 2.75) is 5.03 Å². The van der Waals surface area contributed by atoms with Crippen LogP contribution in [-0.4, -0.2) is 30.5 Å². The van der Waals surface area contributed by atoms with Gasteiger partial charge in [-0.25, -0.2) is 4.98 Å². The highest BCUT2D eigenvalue weighted by Gasteiger charge is 1.94. The fraction of sp³-hybridized carbons (Fsp3) is 0.444. The average Bonchev–Trinajstić information content (AvgIpc) is 2.21. The maximum absolute atomic E-state index is 5.51. The molecule has 1 aromatic heterocycles. The molecular formula is C9H15N3OS. The third-order valence-electron chi connectivity index (χ3n) is 1.50. The molecule has 0 unspecified atom stereocenters. The van der Waals surface area contributed by atoms with Crippen molar-refractivity contribution in [1.82, 2.24) is 4.98 Å². The van der Waals surface area contributed by atoms with E-state index in [-0.39, 0.29) is 0 Å². The summed E-state index contributed by atoms with van der Waals surface area (Å²) >= 11 is 1.65. The first kappa shape index (κ1) is 11.3. The van der Waals surface area contributed by atoms with Crippen LogP contribution in [0, 0.1) is 0 Å². The van der Waals surface area contributed by atoms with Crippen LogP contribution < -0.4 is 11.5 Å². The molecule has 0 saturated heterocycles. The molecular weight excluding hydrogens is 198 g/mol. The van der Waals surface area contributed by atoms with Crippen molar-refractivity contribution in [3.8, 4) is 0 Å². The zero-order chi connectivity index (χ0) is 10.2. The Morgan fingerprint density at radius 2 is 2.21 bits per heavy atom. The molecule has 5 heteroatoms. The highest BCUT2D eigenvalue weighted by molar-refractivity contribution is 7.99. The molecule has 4 N–H and O–H groups in total. The third kappa shape index (κ3) is 4.45. The molecule has 0 radical (unpaired) electrons. The van der Waals surface area contributed by atoms with E-state index in [4.69, 9.17) is 16.2 Å². The van der Waals surface area contributed by atoms with Crippen LogP contribution in [0.3, 0.4) is 0 Å². The minimum absolute atomic E-state index is 0.574. The summed E-state index contributed by atoms with van der Waals surface area (Å²) in [7, 11) is 0. The Balaban J connectivity index is 2.15. The Morgan fingerprint density at radius 1 is 1.36 bits per heavy atom. The SMILES string of the molecule is NCCOCCSc1ccc(N)cn1. The number of ether oxygens (including phenoxy) is 1. The number of nitrogen functional groups attached to an aromatic ring is 1. The minimum atomic E-state index is 0.574. The Morgan fingerprint density at radius 3 is 2.86 bits per heavy atom. The zero-order valence-electron chi connectivity index (χ0n) is 7.98. The lowest BCUT2D eigenvalue weighted by atomic mass is 10.4. The molecule has 0 aliphatic rings. The molecule has 0 amide bonds. The number of nitrogens with two attached hydrogens (primary N) is 2. The van der Waals surface area contributed by atoms with Gasteiger partial charge in [-0.1, -0.05) is 0 Å². The van der Waals surface area contributed by atoms with E-state index in [0.717, 1.165) is 10.8 Å². The molecule has 0 spiro atoms. The summed E-state index contributed by atoms with van der Waals surface area (Å²) in [5.74, 6) is 0.886. The standard InChI is InChI=1S/C9H15N3OS/c10-3-4-13-5-6-14-9-2-1-8(11)7-12-9/h1-2,7H,3-6,10-11H2. The first-order valence-electron chi connectivity index (χ1n) is 4.45. The Bertz CT molecular complexity index is 253. The van der Waals surface area contributed by atoms with Crippen molar-refractivity contribution in [2.24, 2.45) is 5.73 Å². The van der Waals surface area contributed by atoms with Crippen LogP contribution >= 0.6 is 11.8 Å². The van der Waals surface area contributed by atoms with E-state index in [1.165, 1.54) is 0 Å².